The second-order valence-electron chi connectivity index (χ2n) is 5.75. The first kappa shape index (κ1) is 18.9. The molecule has 0 aliphatic rings. The van der Waals surface area contributed by atoms with E-state index < -0.39 is 12.3 Å². The quantitative estimate of drug-likeness (QED) is 0.366. The number of rotatable bonds is 5. The molecule has 3 heterocycles. The van der Waals surface area contributed by atoms with E-state index in [1.165, 1.54) is 30.5 Å². The minimum absolute atomic E-state index is 0.00995. The number of thiazole rings is 1. The van der Waals surface area contributed by atoms with Gasteiger partial charge in [-0.25, -0.2) is 19.7 Å². The highest BCUT2D eigenvalue weighted by Crippen LogP contribution is 2.32. The van der Waals surface area contributed by atoms with Crippen LogP contribution in [-0.4, -0.2) is 37.0 Å². The van der Waals surface area contributed by atoms with E-state index in [2.05, 4.69) is 30.0 Å². The maximum Gasteiger partial charge on any atom is 0.558 e. The number of nitrogens with zero attached hydrogens (tertiary/aromatic N) is 4. The molecule has 0 unspecified atom stereocenters. The Labute approximate surface area is 163 Å². The van der Waals surface area contributed by atoms with E-state index in [0.29, 0.717) is 32.5 Å². The third-order valence-electron chi connectivity index (χ3n) is 3.77. The van der Waals surface area contributed by atoms with Gasteiger partial charge in [-0.1, -0.05) is 16.2 Å². The van der Waals surface area contributed by atoms with Crippen LogP contribution in [0.25, 0.3) is 21.4 Å². The van der Waals surface area contributed by atoms with E-state index >= 15 is 0 Å². The highest BCUT2D eigenvalue weighted by Gasteiger charge is 2.32. The summed E-state index contributed by atoms with van der Waals surface area (Å²) in [4.78, 5) is 31.4. The van der Waals surface area contributed by atoms with Gasteiger partial charge in [0.1, 0.15) is 5.52 Å². The number of pyridine rings is 1. The molecule has 0 atom stereocenters. The first-order valence-electron chi connectivity index (χ1n) is 7.85. The molecule has 13 heteroatoms. The van der Waals surface area contributed by atoms with Gasteiger partial charge in [0, 0.05) is 19.3 Å². The van der Waals surface area contributed by atoms with Crippen molar-refractivity contribution in [3.63, 3.8) is 0 Å². The van der Waals surface area contributed by atoms with Crippen LogP contribution in [0.4, 0.5) is 24.3 Å². The van der Waals surface area contributed by atoms with Crippen molar-refractivity contribution >= 4 is 49.8 Å². The van der Waals surface area contributed by atoms with Crippen molar-refractivity contribution in [2.75, 3.05) is 5.32 Å². The molecule has 0 saturated carbocycles. The molecule has 0 spiro atoms. The Balaban J connectivity index is 1.60. The molecular formula is C16H10F3N5O4S. The number of hydrogen-bond donors (Lipinski definition) is 2. The molecule has 1 aromatic carbocycles. The van der Waals surface area contributed by atoms with Gasteiger partial charge in [-0.15, -0.1) is 13.2 Å². The summed E-state index contributed by atoms with van der Waals surface area (Å²) in [5, 5.41) is 12.5. The number of nitrogens with one attached hydrogen (secondary N) is 1. The van der Waals surface area contributed by atoms with Crippen LogP contribution in [0.5, 0.6) is 5.75 Å². The fourth-order valence-electron chi connectivity index (χ4n) is 2.51. The third-order valence-corrected chi connectivity index (χ3v) is 4.70. The largest absolute Gasteiger partial charge is 0.558 e. The lowest BCUT2D eigenvalue weighted by Crippen LogP contribution is -2.15. The smallest absolute Gasteiger partial charge is 0.478 e. The number of imidazole rings is 1. The van der Waals surface area contributed by atoms with Gasteiger partial charge in [-0.05, 0) is 18.2 Å². The van der Waals surface area contributed by atoms with Gasteiger partial charge >= 0.3 is 12.3 Å². The van der Waals surface area contributed by atoms with Crippen LogP contribution in [0.1, 0.15) is 10.4 Å². The first-order valence-corrected chi connectivity index (χ1v) is 8.67. The van der Waals surface area contributed by atoms with E-state index in [9.17, 15) is 18.0 Å². The summed E-state index contributed by atoms with van der Waals surface area (Å²) in [6, 6.07) is 5.55. The maximum atomic E-state index is 12.1. The molecule has 0 aliphatic carbocycles. The van der Waals surface area contributed by atoms with Crippen molar-refractivity contribution in [1.29, 1.82) is 0 Å². The van der Waals surface area contributed by atoms with Crippen LogP contribution in [0.2, 0.25) is 0 Å². The molecule has 0 radical (unpaired) electrons. The van der Waals surface area contributed by atoms with E-state index in [1.54, 1.807) is 11.6 Å². The molecule has 2 N–H and O–H groups in total. The van der Waals surface area contributed by atoms with Crippen LogP contribution in [0.15, 0.2) is 30.5 Å². The highest BCUT2D eigenvalue weighted by atomic mass is 32.1. The number of aromatic nitrogens is 4. The van der Waals surface area contributed by atoms with Crippen molar-refractivity contribution in [3.8, 4) is 5.75 Å². The number of aromatic carboxylic acids is 1. The van der Waals surface area contributed by atoms with E-state index in [0.717, 1.165) is 11.3 Å². The number of aryl methyl sites for hydroxylation is 1. The average molecular weight is 425 g/mol. The number of fused-ring (bicyclic) bond motifs is 2. The number of carbonyl (C=O) groups is 1. The molecule has 0 bridgehead atoms. The van der Waals surface area contributed by atoms with Crippen LogP contribution in [-0.2, 0) is 11.9 Å². The molecule has 150 valence electrons. The molecule has 0 saturated heterocycles. The summed E-state index contributed by atoms with van der Waals surface area (Å²) >= 11 is 1.16. The number of halogens is 3. The Morgan fingerprint density at radius 3 is 2.76 bits per heavy atom. The zero-order valence-corrected chi connectivity index (χ0v) is 15.2. The van der Waals surface area contributed by atoms with Crippen molar-refractivity contribution in [3.05, 3.63) is 36.0 Å². The molecule has 0 amide bonds. The fourth-order valence-corrected chi connectivity index (χ4v) is 3.39. The zero-order chi connectivity index (χ0) is 20.8. The van der Waals surface area contributed by atoms with Gasteiger partial charge in [0.2, 0.25) is 5.95 Å². The standard InChI is InChI=1S/C16H10F3N5O4S/c1-24-12-10(4-7(6-20-12)13(25)26)21-14(24)23-15-22-9-3-2-8(5-11(9)29-15)27-28-16(17,18)19/h2-6H,1H3,(H,25,26)(H,21,22,23). The SMILES string of the molecule is Cn1c(Nc2nc3ccc(OOC(F)(F)F)cc3s2)nc2cc(C(=O)O)cnc21. The number of alkyl halides is 3. The Bertz CT molecular complexity index is 1240. The van der Waals surface area contributed by atoms with Crippen LogP contribution in [0.3, 0.4) is 0 Å². The minimum Gasteiger partial charge on any atom is -0.478 e. The molecule has 0 aliphatic heterocycles. The summed E-state index contributed by atoms with van der Waals surface area (Å²) in [6.45, 7) is 0. The molecule has 9 nitrogen and oxygen atoms in total. The number of hydrogen-bond acceptors (Lipinski definition) is 8. The van der Waals surface area contributed by atoms with E-state index in [-0.39, 0.29) is 11.3 Å². The Morgan fingerprint density at radius 1 is 1.24 bits per heavy atom. The van der Waals surface area contributed by atoms with Gasteiger partial charge in [-0.2, -0.15) is 0 Å². The Morgan fingerprint density at radius 2 is 2.03 bits per heavy atom. The Hall–Kier alpha value is -3.45. The second kappa shape index (κ2) is 6.86. The highest BCUT2D eigenvalue weighted by molar-refractivity contribution is 7.22. The minimum atomic E-state index is -4.91. The lowest BCUT2D eigenvalue weighted by atomic mass is 10.3. The van der Waals surface area contributed by atoms with Crippen molar-refractivity contribution in [2.24, 2.45) is 7.05 Å². The van der Waals surface area contributed by atoms with Gasteiger partial charge in [0.15, 0.2) is 16.5 Å². The molecule has 0 fully saturated rings. The summed E-state index contributed by atoms with van der Waals surface area (Å²) < 4.78 is 38.4. The number of benzene rings is 1. The fraction of sp³-hybridized carbons (Fsp3) is 0.125. The second-order valence-corrected chi connectivity index (χ2v) is 6.78. The molecule has 4 rings (SSSR count). The average Bonchev–Trinajstić information content (AvgIpc) is 3.19. The van der Waals surface area contributed by atoms with Crippen LogP contribution < -0.4 is 10.2 Å². The predicted octanol–water partition coefficient (Wildman–Crippen LogP) is 3.85. The normalized spacial score (nSPS) is 11.9. The van der Waals surface area contributed by atoms with E-state index in [4.69, 9.17) is 5.11 Å². The lowest BCUT2D eigenvalue weighted by Gasteiger charge is -2.06. The summed E-state index contributed by atoms with van der Waals surface area (Å²) in [6.07, 6.45) is -3.68. The zero-order valence-electron chi connectivity index (χ0n) is 14.4. The monoisotopic (exact) mass is 425 g/mol. The summed E-state index contributed by atoms with van der Waals surface area (Å²) in [5.74, 6) is -0.873. The van der Waals surface area contributed by atoms with Gasteiger partial charge in [-0.3, -0.25) is 4.57 Å². The van der Waals surface area contributed by atoms with Crippen molar-refractivity contribution in [2.45, 2.75) is 6.36 Å². The summed E-state index contributed by atoms with van der Waals surface area (Å²) in [5.41, 5.74) is 1.40. The van der Waals surface area contributed by atoms with E-state index in [1.807, 2.05) is 0 Å². The topological polar surface area (TPSA) is 111 Å². The summed E-state index contributed by atoms with van der Waals surface area (Å²) in [7, 11) is 1.69. The van der Waals surface area contributed by atoms with Gasteiger partial charge < -0.3 is 15.3 Å². The molecule has 29 heavy (non-hydrogen) atoms. The number of carboxylic acid groups (broad SMARTS) is 1. The molecule has 4 aromatic rings. The lowest BCUT2D eigenvalue weighted by molar-refractivity contribution is -0.444. The Kier molecular flexibility index (Phi) is 4.47. The predicted molar refractivity (Wildman–Crippen MR) is 96.1 cm³/mol. The first-order chi connectivity index (χ1) is 13.7. The number of anilines is 2. The van der Waals surface area contributed by atoms with Gasteiger partial charge in [0.05, 0.1) is 15.8 Å². The van der Waals surface area contributed by atoms with Crippen molar-refractivity contribution in [1.82, 2.24) is 19.5 Å². The third kappa shape index (κ3) is 3.90. The van der Waals surface area contributed by atoms with Gasteiger partial charge in [0.25, 0.3) is 0 Å². The van der Waals surface area contributed by atoms with Crippen LogP contribution in [0, 0.1) is 0 Å². The van der Waals surface area contributed by atoms with Crippen LogP contribution >= 0.6 is 11.3 Å². The van der Waals surface area contributed by atoms with Crippen molar-refractivity contribution < 1.29 is 32.8 Å². The molecular weight excluding hydrogens is 415 g/mol. The molecule has 3 aromatic heterocycles. The maximum absolute atomic E-state index is 12.1. The number of carboxylic acids is 1.